The van der Waals surface area contributed by atoms with E-state index in [1.807, 2.05) is 11.8 Å². The van der Waals surface area contributed by atoms with Crippen LogP contribution in [0, 0.1) is 11.8 Å². The normalized spacial score (nSPS) is 26.4. The molecule has 0 aromatic heterocycles. The van der Waals surface area contributed by atoms with Crippen LogP contribution in [0.3, 0.4) is 0 Å². The van der Waals surface area contributed by atoms with Gasteiger partial charge < -0.3 is 15.3 Å². The molecule has 4 nitrogen and oxygen atoms in total. The highest BCUT2D eigenvalue weighted by molar-refractivity contribution is 5.73. The van der Waals surface area contributed by atoms with Crippen LogP contribution >= 0.6 is 0 Å². The molecule has 0 aromatic rings. The lowest BCUT2D eigenvalue weighted by atomic mass is 9.90. The van der Waals surface area contributed by atoms with Crippen molar-refractivity contribution in [2.75, 3.05) is 19.6 Å². The Morgan fingerprint density at radius 3 is 2.56 bits per heavy atom. The zero-order valence-corrected chi connectivity index (χ0v) is 12.1. The monoisotopic (exact) mass is 256 g/mol. The van der Waals surface area contributed by atoms with E-state index in [-0.39, 0.29) is 17.9 Å². The Morgan fingerprint density at radius 2 is 2.06 bits per heavy atom. The molecule has 1 amide bonds. The van der Waals surface area contributed by atoms with Crippen molar-refractivity contribution < 1.29 is 9.90 Å². The van der Waals surface area contributed by atoms with Crippen LogP contribution in [-0.4, -0.2) is 47.7 Å². The summed E-state index contributed by atoms with van der Waals surface area (Å²) in [7, 11) is 0. The van der Waals surface area contributed by atoms with Crippen molar-refractivity contribution in [3.8, 4) is 0 Å². The molecular weight excluding hydrogens is 228 g/mol. The second-order valence-corrected chi connectivity index (χ2v) is 5.99. The van der Waals surface area contributed by atoms with Gasteiger partial charge in [0.25, 0.3) is 0 Å². The van der Waals surface area contributed by atoms with Gasteiger partial charge in [-0.3, -0.25) is 4.79 Å². The Morgan fingerprint density at radius 1 is 1.39 bits per heavy atom. The van der Waals surface area contributed by atoms with E-state index in [2.05, 4.69) is 19.2 Å². The number of carbonyl (C=O) groups is 1. The highest BCUT2D eigenvalue weighted by Crippen LogP contribution is 2.20. The quantitative estimate of drug-likeness (QED) is 0.778. The molecule has 1 heterocycles. The van der Waals surface area contributed by atoms with Crippen LogP contribution in [-0.2, 0) is 4.79 Å². The molecule has 2 N–H and O–H groups in total. The number of aliphatic hydroxyl groups is 1. The van der Waals surface area contributed by atoms with Crippen LogP contribution in [0.5, 0.6) is 0 Å². The van der Waals surface area contributed by atoms with E-state index in [4.69, 9.17) is 0 Å². The van der Waals surface area contributed by atoms with Crippen molar-refractivity contribution >= 4 is 5.91 Å². The molecule has 0 aliphatic carbocycles. The minimum atomic E-state index is -0.346. The fraction of sp³-hybridized carbons (Fsp3) is 0.929. The van der Waals surface area contributed by atoms with Gasteiger partial charge >= 0.3 is 0 Å². The second kappa shape index (κ2) is 7.10. The van der Waals surface area contributed by atoms with Gasteiger partial charge in [-0.2, -0.15) is 0 Å². The van der Waals surface area contributed by atoms with Crippen molar-refractivity contribution in [1.29, 1.82) is 0 Å². The first-order valence-corrected chi connectivity index (χ1v) is 7.07. The predicted molar refractivity (Wildman–Crippen MR) is 73.3 cm³/mol. The first-order chi connectivity index (χ1) is 8.40. The van der Waals surface area contributed by atoms with Gasteiger partial charge in [0.2, 0.25) is 5.91 Å². The Bertz CT molecular complexity index is 267. The van der Waals surface area contributed by atoms with Crippen LogP contribution < -0.4 is 5.32 Å². The maximum atomic E-state index is 11.5. The Labute approximate surface area is 111 Å². The van der Waals surface area contributed by atoms with Crippen molar-refractivity contribution in [3.63, 3.8) is 0 Å². The maximum absolute atomic E-state index is 11.5. The van der Waals surface area contributed by atoms with Gasteiger partial charge in [0.1, 0.15) is 0 Å². The van der Waals surface area contributed by atoms with Crippen molar-refractivity contribution in [1.82, 2.24) is 10.2 Å². The summed E-state index contributed by atoms with van der Waals surface area (Å²) in [6.45, 7) is 10.3. The van der Waals surface area contributed by atoms with Gasteiger partial charge in [0, 0.05) is 32.0 Å². The SMILES string of the molecule is CC(=O)N1CC(NCCC(C)C)CC(C(C)O)C1. The summed E-state index contributed by atoms with van der Waals surface area (Å²) >= 11 is 0. The number of piperidine rings is 1. The third-order valence-corrected chi connectivity index (χ3v) is 3.77. The molecule has 1 aliphatic rings. The lowest BCUT2D eigenvalue weighted by Crippen LogP contribution is -2.52. The summed E-state index contributed by atoms with van der Waals surface area (Å²) in [5.41, 5.74) is 0. The Balaban J connectivity index is 2.48. The van der Waals surface area contributed by atoms with E-state index in [0.717, 1.165) is 25.9 Å². The largest absolute Gasteiger partial charge is 0.393 e. The first-order valence-electron chi connectivity index (χ1n) is 7.07. The van der Waals surface area contributed by atoms with Gasteiger partial charge in [-0.1, -0.05) is 13.8 Å². The van der Waals surface area contributed by atoms with E-state index in [9.17, 15) is 9.90 Å². The van der Waals surface area contributed by atoms with Gasteiger partial charge in [-0.15, -0.1) is 0 Å². The molecule has 0 saturated carbocycles. The molecule has 1 fully saturated rings. The summed E-state index contributed by atoms with van der Waals surface area (Å²) in [4.78, 5) is 13.4. The average molecular weight is 256 g/mol. The number of aliphatic hydroxyl groups excluding tert-OH is 1. The van der Waals surface area contributed by atoms with Crippen LogP contribution in [0.4, 0.5) is 0 Å². The predicted octanol–water partition coefficient (Wildman–Crippen LogP) is 1.24. The second-order valence-electron chi connectivity index (χ2n) is 5.99. The maximum Gasteiger partial charge on any atom is 0.219 e. The van der Waals surface area contributed by atoms with Gasteiger partial charge in [-0.25, -0.2) is 0 Å². The molecular formula is C14H28N2O2. The number of likely N-dealkylation sites (tertiary alicyclic amines) is 1. The number of hydrogen-bond donors (Lipinski definition) is 2. The van der Waals surface area contributed by atoms with Gasteiger partial charge in [-0.05, 0) is 32.2 Å². The van der Waals surface area contributed by atoms with E-state index < -0.39 is 0 Å². The summed E-state index contributed by atoms with van der Waals surface area (Å²) in [5.74, 6) is 0.993. The summed E-state index contributed by atoms with van der Waals surface area (Å²) < 4.78 is 0. The fourth-order valence-electron chi connectivity index (χ4n) is 2.47. The number of hydrogen-bond acceptors (Lipinski definition) is 3. The molecule has 3 atom stereocenters. The van der Waals surface area contributed by atoms with Crippen LogP contribution in [0.2, 0.25) is 0 Å². The smallest absolute Gasteiger partial charge is 0.219 e. The number of carbonyl (C=O) groups excluding carboxylic acids is 1. The zero-order valence-electron chi connectivity index (χ0n) is 12.1. The number of nitrogens with one attached hydrogen (secondary N) is 1. The summed E-state index contributed by atoms with van der Waals surface area (Å²) in [5, 5.41) is 13.3. The van der Waals surface area contributed by atoms with Crippen molar-refractivity contribution in [3.05, 3.63) is 0 Å². The van der Waals surface area contributed by atoms with Crippen molar-refractivity contribution in [2.24, 2.45) is 11.8 Å². The minimum Gasteiger partial charge on any atom is -0.393 e. The lowest BCUT2D eigenvalue weighted by molar-refractivity contribution is -0.132. The van der Waals surface area contributed by atoms with Crippen LogP contribution in [0.15, 0.2) is 0 Å². The summed E-state index contributed by atoms with van der Waals surface area (Å²) in [6.07, 6.45) is 1.76. The summed E-state index contributed by atoms with van der Waals surface area (Å²) in [6, 6.07) is 0.320. The van der Waals surface area contributed by atoms with Gasteiger partial charge in [0.15, 0.2) is 0 Å². The number of nitrogens with zero attached hydrogens (tertiary/aromatic N) is 1. The first kappa shape index (κ1) is 15.4. The van der Waals surface area contributed by atoms with Crippen LogP contribution in [0.1, 0.15) is 40.5 Å². The molecule has 106 valence electrons. The molecule has 1 aliphatic heterocycles. The number of amides is 1. The molecule has 3 unspecified atom stereocenters. The molecule has 0 spiro atoms. The molecule has 0 radical (unpaired) electrons. The van der Waals surface area contributed by atoms with E-state index in [0.29, 0.717) is 18.5 Å². The standard InChI is InChI=1S/C14H28N2O2/c1-10(2)5-6-15-14-7-13(11(3)17)8-16(9-14)12(4)18/h10-11,13-15,17H,5-9H2,1-4H3. The zero-order chi connectivity index (χ0) is 13.7. The lowest BCUT2D eigenvalue weighted by Gasteiger charge is -2.39. The van der Waals surface area contributed by atoms with E-state index in [1.54, 1.807) is 6.92 Å². The third-order valence-electron chi connectivity index (χ3n) is 3.77. The van der Waals surface area contributed by atoms with Crippen LogP contribution in [0.25, 0.3) is 0 Å². The Hall–Kier alpha value is -0.610. The molecule has 1 rings (SSSR count). The highest BCUT2D eigenvalue weighted by Gasteiger charge is 2.30. The Kier molecular flexibility index (Phi) is 6.09. The fourth-order valence-corrected chi connectivity index (χ4v) is 2.47. The third kappa shape index (κ3) is 4.94. The molecule has 18 heavy (non-hydrogen) atoms. The molecule has 4 heteroatoms. The topological polar surface area (TPSA) is 52.6 Å². The van der Waals surface area contributed by atoms with Gasteiger partial charge in [0.05, 0.1) is 6.10 Å². The van der Waals surface area contributed by atoms with Crippen molar-refractivity contribution in [2.45, 2.75) is 52.7 Å². The molecule has 0 aromatic carbocycles. The highest BCUT2D eigenvalue weighted by atomic mass is 16.3. The van der Waals surface area contributed by atoms with E-state index in [1.165, 1.54) is 0 Å². The molecule has 1 saturated heterocycles. The minimum absolute atomic E-state index is 0.107. The van der Waals surface area contributed by atoms with E-state index >= 15 is 0 Å². The molecule has 0 bridgehead atoms. The number of rotatable bonds is 5. The average Bonchev–Trinajstić information content (AvgIpc) is 2.28.